The van der Waals surface area contributed by atoms with E-state index in [9.17, 15) is 17.6 Å². The van der Waals surface area contributed by atoms with Crippen LogP contribution in [0.2, 0.25) is 0 Å². The fourth-order valence-electron chi connectivity index (χ4n) is 2.52. The number of nitrogens with zero attached hydrogens (tertiary/aromatic N) is 1. The average Bonchev–Trinajstić information content (AvgIpc) is 2.69. The van der Waals surface area contributed by atoms with Crippen molar-refractivity contribution in [3.05, 3.63) is 83.9 Å². The topological polar surface area (TPSA) is 88.2 Å². The molecule has 1 aromatic heterocycles. The number of aromatic nitrogens is 1. The van der Waals surface area contributed by atoms with Crippen LogP contribution in [0.25, 0.3) is 0 Å². The first kappa shape index (κ1) is 19.5. The molecule has 0 aliphatic carbocycles. The van der Waals surface area contributed by atoms with Crippen LogP contribution in [0.15, 0.2) is 76.8 Å². The molecule has 0 unspecified atom stereocenters. The predicted molar refractivity (Wildman–Crippen MR) is 103 cm³/mol. The van der Waals surface area contributed by atoms with Gasteiger partial charge < -0.3 is 10.6 Å². The van der Waals surface area contributed by atoms with E-state index in [1.807, 2.05) is 6.07 Å². The molecule has 0 radical (unpaired) electrons. The zero-order chi connectivity index (χ0) is 20.1. The molecular formula is C20H18FN3O3S. The highest BCUT2D eigenvalue weighted by molar-refractivity contribution is 7.91. The lowest BCUT2D eigenvalue weighted by Crippen LogP contribution is -2.28. The first-order chi connectivity index (χ1) is 13.4. The zero-order valence-corrected chi connectivity index (χ0v) is 15.8. The third-order valence-electron chi connectivity index (χ3n) is 3.97. The Morgan fingerprint density at radius 3 is 2.54 bits per heavy atom. The Morgan fingerprint density at radius 2 is 1.86 bits per heavy atom. The lowest BCUT2D eigenvalue weighted by molar-refractivity contribution is 0.251. The van der Waals surface area contributed by atoms with Crippen LogP contribution >= 0.6 is 0 Å². The van der Waals surface area contributed by atoms with Gasteiger partial charge in [0.15, 0.2) is 0 Å². The molecule has 144 valence electrons. The zero-order valence-electron chi connectivity index (χ0n) is 15.0. The molecule has 6 nitrogen and oxygen atoms in total. The van der Waals surface area contributed by atoms with Gasteiger partial charge in [0.1, 0.15) is 10.7 Å². The SMILES string of the molecule is Cc1ccc(F)c(S(=O)(=O)c2ccc(NC(=O)NCc3cccnc3)cc2)c1. The van der Waals surface area contributed by atoms with Gasteiger partial charge in [0.05, 0.1) is 4.90 Å². The van der Waals surface area contributed by atoms with Gasteiger partial charge in [0, 0.05) is 24.6 Å². The summed E-state index contributed by atoms with van der Waals surface area (Å²) >= 11 is 0. The number of pyridine rings is 1. The molecule has 0 saturated carbocycles. The molecule has 0 bridgehead atoms. The summed E-state index contributed by atoms with van der Waals surface area (Å²) < 4.78 is 39.3. The Hall–Kier alpha value is -3.26. The highest BCUT2D eigenvalue weighted by Gasteiger charge is 2.22. The summed E-state index contributed by atoms with van der Waals surface area (Å²) in [5, 5.41) is 5.29. The first-order valence-electron chi connectivity index (χ1n) is 8.41. The van der Waals surface area contributed by atoms with Gasteiger partial charge in [-0.05, 0) is 60.5 Å². The highest BCUT2D eigenvalue weighted by atomic mass is 32.2. The molecule has 0 spiro atoms. The summed E-state index contributed by atoms with van der Waals surface area (Å²) in [6, 6.07) is 12.6. The van der Waals surface area contributed by atoms with Gasteiger partial charge in [-0.3, -0.25) is 4.98 Å². The molecule has 0 atom stereocenters. The van der Waals surface area contributed by atoms with E-state index in [2.05, 4.69) is 15.6 Å². The van der Waals surface area contributed by atoms with Crippen LogP contribution in [0.3, 0.4) is 0 Å². The van der Waals surface area contributed by atoms with Crippen LogP contribution in [0.4, 0.5) is 14.9 Å². The quantitative estimate of drug-likeness (QED) is 0.685. The summed E-state index contributed by atoms with van der Waals surface area (Å²) in [4.78, 5) is 15.5. The summed E-state index contributed by atoms with van der Waals surface area (Å²) in [7, 11) is -3.99. The number of amides is 2. The van der Waals surface area contributed by atoms with E-state index >= 15 is 0 Å². The Balaban J connectivity index is 1.69. The molecule has 2 N–H and O–H groups in total. The molecule has 3 rings (SSSR count). The Kier molecular flexibility index (Phi) is 5.70. The van der Waals surface area contributed by atoms with Crippen LogP contribution in [0.5, 0.6) is 0 Å². The minimum Gasteiger partial charge on any atom is -0.334 e. The maximum atomic E-state index is 14.0. The van der Waals surface area contributed by atoms with Gasteiger partial charge in [0.2, 0.25) is 9.84 Å². The van der Waals surface area contributed by atoms with Crippen molar-refractivity contribution < 1.29 is 17.6 Å². The van der Waals surface area contributed by atoms with E-state index in [4.69, 9.17) is 0 Å². The lowest BCUT2D eigenvalue weighted by atomic mass is 10.2. The Morgan fingerprint density at radius 1 is 1.11 bits per heavy atom. The minimum atomic E-state index is -3.99. The smallest absolute Gasteiger partial charge is 0.319 e. The second kappa shape index (κ2) is 8.18. The number of hydrogen-bond donors (Lipinski definition) is 2. The number of aryl methyl sites for hydroxylation is 1. The molecule has 0 fully saturated rings. The summed E-state index contributed by atoms with van der Waals surface area (Å²) in [5.74, 6) is -0.803. The van der Waals surface area contributed by atoms with Crippen molar-refractivity contribution in [1.29, 1.82) is 0 Å². The normalized spacial score (nSPS) is 11.1. The number of nitrogens with one attached hydrogen (secondary N) is 2. The highest BCUT2D eigenvalue weighted by Crippen LogP contribution is 2.25. The molecule has 8 heteroatoms. The number of rotatable bonds is 5. The first-order valence-corrected chi connectivity index (χ1v) is 9.89. The van der Waals surface area contributed by atoms with Gasteiger partial charge in [-0.2, -0.15) is 0 Å². The van der Waals surface area contributed by atoms with Crippen LogP contribution in [0, 0.1) is 12.7 Å². The molecule has 0 aliphatic rings. The summed E-state index contributed by atoms with van der Waals surface area (Å²) in [5.41, 5.74) is 1.90. The molecule has 28 heavy (non-hydrogen) atoms. The molecular weight excluding hydrogens is 381 g/mol. The van der Waals surface area contributed by atoms with Gasteiger partial charge in [-0.1, -0.05) is 12.1 Å². The Labute approximate surface area is 162 Å². The fourth-order valence-corrected chi connectivity index (χ4v) is 3.94. The number of halogens is 1. The summed E-state index contributed by atoms with van der Waals surface area (Å²) in [6.07, 6.45) is 3.28. The number of urea groups is 1. The number of hydrogen-bond acceptors (Lipinski definition) is 4. The Bertz CT molecular complexity index is 1090. The minimum absolute atomic E-state index is 0.0571. The number of anilines is 1. The molecule has 1 heterocycles. The third-order valence-corrected chi connectivity index (χ3v) is 5.76. The summed E-state index contributed by atoms with van der Waals surface area (Å²) in [6.45, 7) is 1.99. The van der Waals surface area contributed by atoms with Gasteiger partial charge in [0.25, 0.3) is 0 Å². The van der Waals surface area contributed by atoms with Crippen molar-refractivity contribution in [1.82, 2.24) is 10.3 Å². The molecule has 2 amide bonds. The maximum Gasteiger partial charge on any atom is 0.319 e. The van der Waals surface area contributed by atoms with Crippen molar-refractivity contribution in [2.75, 3.05) is 5.32 Å². The van der Waals surface area contributed by atoms with Crippen LogP contribution in [0.1, 0.15) is 11.1 Å². The maximum absolute atomic E-state index is 14.0. The van der Waals surface area contributed by atoms with Gasteiger partial charge in [-0.25, -0.2) is 17.6 Å². The second-order valence-corrected chi connectivity index (χ2v) is 8.05. The molecule has 2 aromatic carbocycles. The average molecular weight is 399 g/mol. The van der Waals surface area contributed by atoms with Crippen LogP contribution in [-0.2, 0) is 16.4 Å². The predicted octanol–water partition coefficient (Wildman–Crippen LogP) is 3.68. The van der Waals surface area contributed by atoms with Gasteiger partial charge >= 0.3 is 6.03 Å². The van der Waals surface area contributed by atoms with E-state index < -0.39 is 21.7 Å². The monoisotopic (exact) mass is 399 g/mol. The second-order valence-electron chi connectivity index (χ2n) is 6.13. The van der Waals surface area contributed by atoms with Crippen LogP contribution < -0.4 is 10.6 Å². The van der Waals surface area contributed by atoms with Crippen LogP contribution in [-0.4, -0.2) is 19.4 Å². The molecule has 3 aromatic rings. The van der Waals surface area contributed by atoms with Crippen molar-refractivity contribution in [2.24, 2.45) is 0 Å². The number of carbonyl (C=O) groups is 1. The van der Waals surface area contributed by atoms with Crippen molar-refractivity contribution in [2.45, 2.75) is 23.3 Å². The number of carbonyl (C=O) groups excluding carboxylic acids is 1. The largest absolute Gasteiger partial charge is 0.334 e. The van der Waals surface area contributed by atoms with Crippen molar-refractivity contribution >= 4 is 21.6 Å². The number of benzene rings is 2. The van der Waals surface area contributed by atoms with Gasteiger partial charge in [-0.15, -0.1) is 0 Å². The number of sulfone groups is 1. The van der Waals surface area contributed by atoms with Crippen molar-refractivity contribution in [3.63, 3.8) is 0 Å². The lowest BCUT2D eigenvalue weighted by Gasteiger charge is -2.10. The fraction of sp³-hybridized carbons (Fsp3) is 0.100. The van der Waals surface area contributed by atoms with E-state index in [1.54, 1.807) is 25.4 Å². The van der Waals surface area contributed by atoms with E-state index in [0.29, 0.717) is 17.8 Å². The van der Waals surface area contributed by atoms with E-state index in [-0.39, 0.29) is 9.79 Å². The van der Waals surface area contributed by atoms with E-state index in [0.717, 1.165) is 11.6 Å². The molecule has 0 aliphatic heterocycles. The third kappa shape index (κ3) is 4.52. The van der Waals surface area contributed by atoms with Crippen molar-refractivity contribution in [3.8, 4) is 0 Å². The standard InChI is InChI=1S/C20H18FN3O3S/c1-14-4-9-18(21)19(11-14)28(26,27)17-7-5-16(6-8-17)24-20(25)23-13-15-3-2-10-22-12-15/h2-12H,13H2,1H3,(H2,23,24,25). The van der Waals surface area contributed by atoms with E-state index in [1.165, 1.54) is 36.4 Å². The molecule has 0 saturated heterocycles.